The number of unbranched alkanes of at least 4 members (excludes halogenated alkanes) is 2. The summed E-state index contributed by atoms with van der Waals surface area (Å²) in [5, 5.41) is 0. The normalized spacial score (nSPS) is 11.4. The van der Waals surface area contributed by atoms with E-state index in [-0.39, 0.29) is 37.1 Å². The van der Waals surface area contributed by atoms with Crippen molar-refractivity contribution in [3.63, 3.8) is 0 Å². The smallest absolute Gasteiger partial charge is 0.254 e. The molecule has 0 unspecified atom stereocenters. The second-order valence-electron chi connectivity index (χ2n) is 3.16. The molecule has 0 aromatic heterocycles. The van der Waals surface area contributed by atoms with E-state index in [9.17, 15) is 16.8 Å². The van der Waals surface area contributed by atoms with Crippen molar-refractivity contribution in [2.75, 3.05) is 24.6 Å². The van der Waals surface area contributed by atoms with E-state index in [1.54, 1.807) is 0 Å². The first kappa shape index (κ1) is 22.6. The minimum Gasteiger partial charge on any atom is -0.330 e. The predicted octanol–water partition coefficient (Wildman–Crippen LogP) is -0.338. The van der Waals surface area contributed by atoms with E-state index in [4.69, 9.17) is 11.5 Å². The van der Waals surface area contributed by atoms with Gasteiger partial charge in [0.2, 0.25) is 0 Å². The van der Waals surface area contributed by atoms with Crippen molar-refractivity contribution in [3.8, 4) is 0 Å². The summed E-state index contributed by atoms with van der Waals surface area (Å²) in [6, 6.07) is 0. The predicted molar refractivity (Wildman–Crippen MR) is 74.0 cm³/mol. The molecule has 0 atom stereocenters. The van der Waals surface area contributed by atoms with Gasteiger partial charge in [0.15, 0.2) is 0 Å². The van der Waals surface area contributed by atoms with Crippen LogP contribution in [0.25, 0.3) is 0 Å². The highest BCUT2D eigenvalue weighted by molar-refractivity contribution is 8.67. The van der Waals surface area contributed by atoms with Crippen LogP contribution in [-0.4, -0.2) is 41.4 Å². The minimum atomic E-state index is -4.08. The van der Waals surface area contributed by atoms with Crippen molar-refractivity contribution < 1.29 is 16.8 Å². The van der Waals surface area contributed by atoms with Crippen molar-refractivity contribution >= 4 is 42.6 Å². The van der Waals surface area contributed by atoms with E-state index >= 15 is 0 Å². The van der Waals surface area contributed by atoms with E-state index in [1.165, 1.54) is 0 Å². The Balaban J connectivity index is -0.000000980. The molecule has 0 fully saturated rings. The number of hydrogen-bond acceptors (Lipinski definition) is 6. The van der Waals surface area contributed by atoms with Crippen LogP contribution < -0.4 is 11.5 Å². The molecule has 0 aliphatic carbocycles. The van der Waals surface area contributed by atoms with E-state index < -0.39 is 23.5 Å². The molecule has 0 aliphatic rings. The monoisotopic (exact) mass is 330 g/mol. The molecule has 17 heavy (non-hydrogen) atoms. The summed E-state index contributed by atoms with van der Waals surface area (Å²) in [6.45, 7) is 0.306. The molecule has 0 radical (unpaired) electrons. The van der Waals surface area contributed by atoms with Crippen LogP contribution >= 0.6 is 24.8 Å². The average Bonchev–Trinajstić information content (AvgIpc) is 2.12. The number of halogens is 2. The van der Waals surface area contributed by atoms with Gasteiger partial charge in [-0.15, -0.1) is 24.8 Å². The third kappa shape index (κ3) is 8.17. The molecule has 0 bridgehead atoms. The van der Waals surface area contributed by atoms with Crippen LogP contribution in [0.1, 0.15) is 19.3 Å². The molecular formula is C7H20Cl2N2O4S2. The van der Waals surface area contributed by atoms with Gasteiger partial charge in [-0.05, 0) is 19.4 Å². The Morgan fingerprint density at radius 1 is 0.647 bits per heavy atom. The molecular weight excluding hydrogens is 311 g/mol. The summed E-state index contributed by atoms with van der Waals surface area (Å²) in [7, 11) is -8.13. The molecule has 0 amide bonds. The zero-order valence-electron chi connectivity index (χ0n) is 9.37. The van der Waals surface area contributed by atoms with Gasteiger partial charge < -0.3 is 11.5 Å². The van der Waals surface area contributed by atoms with Gasteiger partial charge in [0.25, 0.3) is 17.7 Å². The van der Waals surface area contributed by atoms with Gasteiger partial charge in [0.1, 0.15) is 0 Å². The van der Waals surface area contributed by atoms with Crippen LogP contribution in [0.2, 0.25) is 0 Å². The Labute approximate surface area is 115 Å². The third-order valence-electron chi connectivity index (χ3n) is 1.85. The van der Waals surface area contributed by atoms with Crippen molar-refractivity contribution in [1.29, 1.82) is 0 Å². The van der Waals surface area contributed by atoms with Crippen molar-refractivity contribution in [1.82, 2.24) is 0 Å². The molecule has 108 valence electrons. The number of nitrogens with two attached hydrogens (primary N) is 2. The third-order valence-corrected chi connectivity index (χ3v) is 7.47. The summed E-state index contributed by atoms with van der Waals surface area (Å²) in [5.74, 6) is -0.846. The second kappa shape index (κ2) is 10.3. The maximum atomic E-state index is 11.3. The topological polar surface area (TPSA) is 120 Å². The number of hydrogen-bond donors (Lipinski definition) is 2. The zero-order chi connectivity index (χ0) is 11.9. The first-order valence-electron chi connectivity index (χ1n) is 4.73. The number of rotatable bonds is 8. The second-order valence-corrected chi connectivity index (χ2v) is 9.26. The molecule has 4 N–H and O–H groups in total. The zero-order valence-corrected chi connectivity index (χ0v) is 12.6. The highest BCUT2D eigenvalue weighted by atomic mass is 35.5. The standard InChI is InChI=1S/C7H18N2O4S2.2ClH/c8-4-2-1-3-6-14(10,11)15(12,13)7-5-9;;/h1-9H2;2*1H. The summed E-state index contributed by atoms with van der Waals surface area (Å²) in [4.78, 5) is 0. The lowest BCUT2D eigenvalue weighted by Gasteiger charge is -2.04. The molecule has 0 rings (SSSR count). The van der Waals surface area contributed by atoms with Gasteiger partial charge in [-0.25, -0.2) is 16.8 Å². The fourth-order valence-electron chi connectivity index (χ4n) is 0.998. The SMILES string of the molecule is Cl.Cl.NCCCCCS(=O)(=O)S(=O)(=O)CCN. The molecule has 6 nitrogen and oxygen atoms in total. The van der Waals surface area contributed by atoms with Gasteiger partial charge in [-0.2, -0.15) is 0 Å². The quantitative estimate of drug-likeness (QED) is 0.464. The molecule has 0 aromatic rings. The Morgan fingerprint density at radius 3 is 1.53 bits per heavy atom. The maximum absolute atomic E-state index is 11.3. The summed E-state index contributed by atoms with van der Waals surface area (Å²) < 4.78 is 45.1. The lowest BCUT2D eigenvalue weighted by Crippen LogP contribution is -2.26. The first-order valence-corrected chi connectivity index (χ1v) is 8.55. The van der Waals surface area contributed by atoms with E-state index in [0.717, 1.165) is 0 Å². The maximum Gasteiger partial charge on any atom is 0.254 e. The molecule has 0 saturated carbocycles. The lowest BCUT2D eigenvalue weighted by atomic mass is 10.2. The van der Waals surface area contributed by atoms with E-state index in [1.807, 2.05) is 0 Å². The largest absolute Gasteiger partial charge is 0.330 e. The van der Waals surface area contributed by atoms with Gasteiger partial charge in [-0.3, -0.25) is 0 Å². The Bertz CT molecular complexity index is 369. The van der Waals surface area contributed by atoms with Crippen LogP contribution in [0.5, 0.6) is 0 Å². The van der Waals surface area contributed by atoms with E-state index in [2.05, 4.69) is 0 Å². The van der Waals surface area contributed by atoms with Crippen LogP contribution in [0.15, 0.2) is 0 Å². The fraction of sp³-hybridized carbons (Fsp3) is 1.00. The fourth-order valence-corrected chi connectivity index (χ4v) is 4.52. The van der Waals surface area contributed by atoms with Crippen molar-refractivity contribution in [2.24, 2.45) is 11.5 Å². The van der Waals surface area contributed by atoms with Crippen LogP contribution in [0.4, 0.5) is 0 Å². The molecule has 0 saturated heterocycles. The summed E-state index contributed by atoms with van der Waals surface area (Å²) >= 11 is 0. The van der Waals surface area contributed by atoms with Crippen molar-refractivity contribution in [3.05, 3.63) is 0 Å². The van der Waals surface area contributed by atoms with Gasteiger partial charge in [-0.1, -0.05) is 6.42 Å². The highest BCUT2D eigenvalue weighted by Gasteiger charge is 2.27. The van der Waals surface area contributed by atoms with Crippen LogP contribution in [0, 0.1) is 0 Å². The van der Waals surface area contributed by atoms with Gasteiger partial charge in [0.05, 0.1) is 11.5 Å². The molecule has 0 heterocycles. The minimum absolute atomic E-state index is 0. The summed E-state index contributed by atoms with van der Waals surface area (Å²) in [5.41, 5.74) is 10.3. The highest BCUT2D eigenvalue weighted by Crippen LogP contribution is 2.08. The molecule has 10 heteroatoms. The van der Waals surface area contributed by atoms with Gasteiger partial charge in [0, 0.05) is 6.54 Å². The Hall–Kier alpha value is 0.400. The van der Waals surface area contributed by atoms with Gasteiger partial charge >= 0.3 is 0 Å². The Morgan fingerprint density at radius 2 is 1.12 bits per heavy atom. The van der Waals surface area contributed by atoms with Crippen LogP contribution in [-0.2, 0) is 17.7 Å². The molecule has 0 spiro atoms. The van der Waals surface area contributed by atoms with E-state index in [0.29, 0.717) is 25.8 Å². The molecule has 0 aliphatic heterocycles. The lowest BCUT2D eigenvalue weighted by molar-refractivity contribution is 0.579. The van der Waals surface area contributed by atoms with Crippen LogP contribution in [0.3, 0.4) is 0 Å². The first-order chi connectivity index (χ1) is 6.87. The average molecular weight is 331 g/mol. The molecule has 0 aromatic carbocycles. The van der Waals surface area contributed by atoms with Crippen molar-refractivity contribution in [2.45, 2.75) is 19.3 Å². The summed E-state index contributed by atoms with van der Waals surface area (Å²) in [6.07, 6.45) is 1.64. The Kier molecular flexibility index (Phi) is 13.7.